The maximum Gasteiger partial charge on any atom is 0.326 e. The van der Waals surface area contributed by atoms with Crippen LogP contribution in [0.15, 0.2) is 24.3 Å². The van der Waals surface area contributed by atoms with Crippen LogP contribution in [0.1, 0.15) is 30.7 Å². The van der Waals surface area contributed by atoms with Crippen LogP contribution < -0.4 is 5.32 Å². The molecule has 4 atom stereocenters. The number of aliphatic carboxylic acids is 1. The Labute approximate surface area is 140 Å². The fraction of sp³-hybridized carbons (Fsp3) is 0.529. The zero-order chi connectivity index (χ0) is 16.4. The second-order valence-electron chi connectivity index (χ2n) is 6.31. The number of carbonyl (C=O) groups is 2. The number of benzene rings is 1. The van der Waals surface area contributed by atoms with E-state index in [0.717, 1.165) is 24.8 Å². The molecule has 1 aliphatic heterocycles. The number of ether oxygens (including phenoxy) is 1. The van der Waals surface area contributed by atoms with Crippen molar-refractivity contribution in [3.05, 3.63) is 34.9 Å². The summed E-state index contributed by atoms with van der Waals surface area (Å²) in [5.41, 5.74) is 1.03. The lowest BCUT2D eigenvalue weighted by Crippen LogP contribution is -2.49. The molecule has 0 aromatic heterocycles. The molecule has 2 fully saturated rings. The third kappa shape index (κ3) is 3.85. The first-order valence-corrected chi connectivity index (χ1v) is 8.30. The number of halogens is 1. The van der Waals surface area contributed by atoms with Gasteiger partial charge in [-0.1, -0.05) is 23.7 Å². The van der Waals surface area contributed by atoms with Gasteiger partial charge in [0.1, 0.15) is 6.04 Å². The Morgan fingerprint density at radius 1 is 1.39 bits per heavy atom. The quantitative estimate of drug-likeness (QED) is 0.865. The Bertz CT molecular complexity index is 600. The molecule has 23 heavy (non-hydrogen) atoms. The Morgan fingerprint density at radius 2 is 2.22 bits per heavy atom. The van der Waals surface area contributed by atoms with E-state index in [0.29, 0.717) is 18.2 Å². The van der Waals surface area contributed by atoms with Gasteiger partial charge in [-0.05, 0) is 42.9 Å². The highest BCUT2D eigenvalue weighted by Gasteiger charge is 2.45. The number of hydrogen-bond acceptors (Lipinski definition) is 3. The average Bonchev–Trinajstić information content (AvgIpc) is 3.33. The Hall–Kier alpha value is -1.59. The van der Waals surface area contributed by atoms with Crippen molar-refractivity contribution in [2.45, 2.75) is 31.2 Å². The highest BCUT2D eigenvalue weighted by Crippen LogP contribution is 2.48. The Kier molecular flexibility index (Phi) is 4.87. The van der Waals surface area contributed by atoms with E-state index in [4.69, 9.17) is 16.3 Å². The smallest absolute Gasteiger partial charge is 0.326 e. The third-order valence-electron chi connectivity index (χ3n) is 4.63. The van der Waals surface area contributed by atoms with E-state index in [1.54, 1.807) is 6.07 Å². The van der Waals surface area contributed by atoms with Gasteiger partial charge in [0.25, 0.3) is 0 Å². The molecule has 0 radical (unpaired) electrons. The molecule has 1 aromatic carbocycles. The standard InChI is InChI=1S/C17H20ClNO4/c18-12-5-1-3-10(7-12)13-8-14(13)16(20)19-15(17(21)22)11-4-2-6-23-9-11/h1,3,5,7,11,13-15H,2,4,6,8-9H2,(H,19,20)(H,21,22). The molecular weight excluding hydrogens is 318 g/mol. The van der Waals surface area contributed by atoms with Crippen molar-refractivity contribution >= 4 is 23.5 Å². The van der Waals surface area contributed by atoms with Gasteiger partial charge in [0, 0.05) is 23.5 Å². The highest BCUT2D eigenvalue weighted by molar-refractivity contribution is 6.30. The topological polar surface area (TPSA) is 75.6 Å². The van der Waals surface area contributed by atoms with E-state index in [2.05, 4.69) is 5.32 Å². The SMILES string of the molecule is O=C(NC(C(=O)O)C1CCCOC1)C1CC1c1cccc(Cl)c1. The number of carbonyl (C=O) groups excluding carboxylic acids is 1. The minimum atomic E-state index is -0.992. The van der Waals surface area contributed by atoms with Crippen LogP contribution in [0.25, 0.3) is 0 Å². The molecular formula is C17H20ClNO4. The molecule has 1 saturated carbocycles. The van der Waals surface area contributed by atoms with Crippen molar-refractivity contribution in [2.75, 3.05) is 13.2 Å². The van der Waals surface area contributed by atoms with Gasteiger partial charge in [0.05, 0.1) is 6.61 Å². The van der Waals surface area contributed by atoms with Crippen LogP contribution >= 0.6 is 11.6 Å². The average molecular weight is 338 g/mol. The van der Waals surface area contributed by atoms with Crippen molar-refractivity contribution in [3.8, 4) is 0 Å². The predicted octanol–water partition coefficient (Wildman–Crippen LogP) is 2.44. The molecule has 2 aliphatic rings. The predicted molar refractivity (Wildman–Crippen MR) is 85.4 cm³/mol. The summed E-state index contributed by atoms with van der Waals surface area (Å²) in [4.78, 5) is 23.9. The Balaban J connectivity index is 1.61. The molecule has 4 unspecified atom stereocenters. The molecule has 3 rings (SSSR count). The van der Waals surface area contributed by atoms with Gasteiger partial charge in [-0.2, -0.15) is 0 Å². The van der Waals surface area contributed by atoms with E-state index in [1.807, 2.05) is 18.2 Å². The summed E-state index contributed by atoms with van der Waals surface area (Å²) < 4.78 is 5.35. The lowest BCUT2D eigenvalue weighted by molar-refractivity contribution is -0.145. The molecule has 2 N–H and O–H groups in total. The van der Waals surface area contributed by atoms with Crippen LogP contribution in [0, 0.1) is 11.8 Å². The van der Waals surface area contributed by atoms with Crippen molar-refractivity contribution in [3.63, 3.8) is 0 Å². The summed E-state index contributed by atoms with van der Waals surface area (Å²) in [5.74, 6) is -1.37. The van der Waals surface area contributed by atoms with Gasteiger partial charge >= 0.3 is 5.97 Å². The van der Waals surface area contributed by atoms with E-state index < -0.39 is 12.0 Å². The molecule has 1 amide bonds. The molecule has 1 aliphatic carbocycles. The first kappa shape index (κ1) is 16.3. The van der Waals surface area contributed by atoms with E-state index in [9.17, 15) is 14.7 Å². The monoisotopic (exact) mass is 337 g/mol. The second kappa shape index (κ2) is 6.89. The third-order valence-corrected chi connectivity index (χ3v) is 4.87. The van der Waals surface area contributed by atoms with Crippen molar-refractivity contribution in [1.29, 1.82) is 0 Å². The number of carboxylic acid groups (broad SMARTS) is 1. The van der Waals surface area contributed by atoms with Gasteiger partial charge < -0.3 is 15.2 Å². The highest BCUT2D eigenvalue weighted by atomic mass is 35.5. The van der Waals surface area contributed by atoms with Crippen molar-refractivity contribution in [2.24, 2.45) is 11.8 Å². The normalized spacial score (nSPS) is 28.0. The maximum absolute atomic E-state index is 12.4. The molecule has 6 heteroatoms. The zero-order valence-corrected chi connectivity index (χ0v) is 13.5. The molecule has 1 aromatic rings. The van der Waals surface area contributed by atoms with E-state index in [1.165, 1.54) is 0 Å². The lowest BCUT2D eigenvalue weighted by atomic mass is 9.93. The number of rotatable bonds is 5. The van der Waals surface area contributed by atoms with Gasteiger partial charge in [0.2, 0.25) is 5.91 Å². The fourth-order valence-corrected chi connectivity index (χ4v) is 3.46. The number of nitrogens with one attached hydrogen (secondary N) is 1. The Morgan fingerprint density at radius 3 is 2.87 bits per heavy atom. The first-order chi connectivity index (χ1) is 11.1. The molecule has 5 nitrogen and oxygen atoms in total. The molecule has 1 heterocycles. The summed E-state index contributed by atoms with van der Waals surface area (Å²) in [6.07, 6.45) is 2.33. The van der Waals surface area contributed by atoms with Gasteiger partial charge in [-0.15, -0.1) is 0 Å². The van der Waals surface area contributed by atoms with E-state index >= 15 is 0 Å². The van der Waals surface area contributed by atoms with Crippen LogP contribution in [0.5, 0.6) is 0 Å². The van der Waals surface area contributed by atoms with Crippen LogP contribution in [-0.4, -0.2) is 36.2 Å². The largest absolute Gasteiger partial charge is 0.480 e. The maximum atomic E-state index is 12.4. The number of carboxylic acids is 1. The van der Waals surface area contributed by atoms with Gasteiger partial charge in [-0.25, -0.2) is 4.79 Å². The molecule has 0 bridgehead atoms. The zero-order valence-electron chi connectivity index (χ0n) is 12.7. The van der Waals surface area contributed by atoms with Gasteiger partial charge in [-0.3, -0.25) is 4.79 Å². The van der Waals surface area contributed by atoms with Crippen LogP contribution in [0.2, 0.25) is 5.02 Å². The van der Waals surface area contributed by atoms with E-state index in [-0.39, 0.29) is 23.7 Å². The summed E-state index contributed by atoms with van der Waals surface area (Å²) in [6, 6.07) is 6.61. The minimum Gasteiger partial charge on any atom is -0.480 e. The number of amides is 1. The molecule has 124 valence electrons. The summed E-state index contributed by atoms with van der Waals surface area (Å²) >= 11 is 5.98. The number of hydrogen-bond donors (Lipinski definition) is 2. The minimum absolute atomic E-state index is 0.130. The van der Waals surface area contributed by atoms with Crippen LogP contribution in [-0.2, 0) is 14.3 Å². The fourth-order valence-electron chi connectivity index (χ4n) is 3.26. The van der Waals surface area contributed by atoms with Crippen molar-refractivity contribution < 1.29 is 19.4 Å². The molecule has 1 saturated heterocycles. The lowest BCUT2D eigenvalue weighted by Gasteiger charge is -2.28. The van der Waals surface area contributed by atoms with Crippen LogP contribution in [0.3, 0.4) is 0 Å². The second-order valence-corrected chi connectivity index (χ2v) is 6.74. The van der Waals surface area contributed by atoms with Crippen molar-refractivity contribution in [1.82, 2.24) is 5.32 Å². The van der Waals surface area contributed by atoms with Gasteiger partial charge in [0.15, 0.2) is 0 Å². The first-order valence-electron chi connectivity index (χ1n) is 7.92. The summed E-state index contributed by atoms with van der Waals surface area (Å²) in [7, 11) is 0. The van der Waals surface area contributed by atoms with Crippen LogP contribution in [0.4, 0.5) is 0 Å². The summed E-state index contributed by atoms with van der Waals surface area (Å²) in [5, 5.41) is 12.8. The molecule has 0 spiro atoms. The summed E-state index contributed by atoms with van der Waals surface area (Å²) in [6.45, 7) is 1.05.